The zero-order chi connectivity index (χ0) is 15.9. The molecular formula is C13H14ClF3N2O2. The predicted octanol–water partition coefficient (Wildman–Crippen LogP) is 2.07. The molecule has 1 aromatic carbocycles. The second-order valence-electron chi connectivity index (χ2n) is 4.26. The Morgan fingerprint density at radius 3 is 2.43 bits per heavy atom. The third-order valence-electron chi connectivity index (χ3n) is 2.47. The van der Waals surface area contributed by atoms with Gasteiger partial charge in [0, 0.05) is 18.1 Å². The maximum atomic E-state index is 11.9. The van der Waals surface area contributed by atoms with Crippen molar-refractivity contribution in [2.24, 2.45) is 0 Å². The first-order valence-corrected chi connectivity index (χ1v) is 6.53. The van der Waals surface area contributed by atoms with Crippen LogP contribution in [0.15, 0.2) is 24.3 Å². The number of alkyl halides is 3. The molecule has 0 heterocycles. The lowest BCUT2D eigenvalue weighted by molar-refractivity contribution is -0.173. The van der Waals surface area contributed by atoms with Gasteiger partial charge in [-0.1, -0.05) is 23.7 Å². The second-order valence-corrected chi connectivity index (χ2v) is 4.70. The van der Waals surface area contributed by atoms with Crippen LogP contribution in [0.3, 0.4) is 0 Å². The molecule has 8 heteroatoms. The van der Waals surface area contributed by atoms with Crippen molar-refractivity contribution in [3.63, 3.8) is 0 Å². The number of rotatable bonds is 6. The van der Waals surface area contributed by atoms with Crippen molar-refractivity contribution in [2.45, 2.75) is 19.0 Å². The van der Waals surface area contributed by atoms with Gasteiger partial charge in [-0.05, 0) is 24.1 Å². The molecule has 4 nitrogen and oxygen atoms in total. The molecule has 0 spiro atoms. The third kappa shape index (κ3) is 6.99. The monoisotopic (exact) mass is 322 g/mol. The lowest BCUT2D eigenvalue weighted by Gasteiger charge is -2.08. The quantitative estimate of drug-likeness (QED) is 0.788. The first kappa shape index (κ1) is 17.3. The number of carbonyl (C=O) groups excluding carboxylic acids is 2. The molecule has 0 aliphatic carbocycles. The Labute approximate surface area is 124 Å². The summed E-state index contributed by atoms with van der Waals surface area (Å²) in [6.45, 7) is 0.0212. The molecule has 21 heavy (non-hydrogen) atoms. The topological polar surface area (TPSA) is 58.2 Å². The van der Waals surface area contributed by atoms with Crippen LogP contribution in [0.2, 0.25) is 5.02 Å². The van der Waals surface area contributed by atoms with Crippen LogP contribution < -0.4 is 10.6 Å². The zero-order valence-corrected chi connectivity index (χ0v) is 11.7. The molecule has 2 N–H and O–H groups in total. The van der Waals surface area contributed by atoms with Gasteiger partial charge in [0.2, 0.25) is 5.91 Å². The molecule has 0 bridgehead atoms. The summed E-state index contributed by atoms with van der Waals surface area (Å²) in [5.41, 5.74) is 0.741. The summed E-state index contributed by atoms with van der Waals surface area (Å²) in [5, 5.41) is 4.79. The van der Waals surface area contributed by atoms with E-state index in [1.165, 1.54) is 0 Å². The van der Waals surface area contributed by atoms with Crippen molar-refractivity contribution in [1.29, 1.82) is 0 Å². The van der Waals surface area contributed by atoms with E-state index in [-0.39, 0.29) is 31.8 Å². The van der Waals surface area contributed by atoms with E-state index in [1.807, 2.05) is 0 Å². The van der Waals surface area contributed by atoms with Gasteiger partial charge >= 0.3 is 12.1 Å². The fourth-order valence-electron chi connectivity index (χ4n) is 1.51. The maximum Gasteiger partial charge on any atom is 0.471 e. The molecule has 1 rings (SSSR count). The van der Waals surface area contributed by atoms with Gasteiger partial charge in [-0.15, -0.1) is 0 Å². The number of carbonyl (C=O) groups is 2. The van der Waals surface area contributed by atoms with Crippen molar-refractivity contribution in [3.8, 4) is 0 Å². The van der Waals surface area contributed by atoms with Gasteiger partial charge in [0.25, 0.3) is 0 Å². The van der Waals surface area contributed by atoms with E-state index in [2.05, 4.69) is 5.32 Å². The van der Waals surface area contributed by atoms with E-state index in [1.54, 1.807) is 29.6 Å². The normalized spacial score (nSPS) is 11.0. The van der Waals surface area contributed by atoms with Gasteiger partial charge in [0.05, 0.1) is 6.42 Å². The van der Waals surface area contributed by atoms with Crippen molar-refractivity contribution in [3.05, 3.63) is 34.9 Å². The van der Waals surface area contributed by atoms with Gasteiger partial charge in [0.1, 0.15) is 0 Å². The smallest absolute Gasteiger partial charge is 0.356 e. The van der Waals surface area contributed by atoms with Crippen LogP contribution in [0, 0.1) is 0 Å². The van der Waals surface area contributed by atoms with E-state index in [4.69, 9.17) is 11.6 Å². The molecule has 0 aromatic heterocycles. The van der Waals surface area contributed by atoms with Gasteiger partial charge in [0.15, 0.2) is 0 Å². The Bertz CT molecular complexity index is 506. The van der Waals surface area contributed by atoms with E-state index in [0.717, 1.165) is 5.56 Å². The van der Waals surface area contributed by atoms with Gasteiger partial charge < -0.3 is 10.6 Å². The first-order chi connectivity index (χ1) is 9.79. The number of amides is 2. The largest absolute Gasteiger partial charge is 0.471 e. The van der Waals surface area contributed by atoms with Crippen molar-refractivity contribution >= 4 is 23.4 Å². The summed E-state index contributed by atoms with van der Waals surface area (Å²) in [7, 11) is 0. The van der Waals surface area contributed by atoms with E-state index in [0.29, 0.717) is 5.02 Å². The summed E-state index contributed by atoms with van der Waals surface area (Å²) in [5.74, 6) is -2.24. The lowest BCUT2D eigenvalue weighted by Crippen LogP contribution is -2.38. The van der Waals surface area contributed by atoms with E-state index >= 15 is 0 Å². The van der Waals surface area contributed by atoms with E-state index < -0.39 is 12.1 Å². The number of hydrogen-bond donors (Lipinski definition) is 2. The fourth-order valence-corrected chi connectivity index (χ4v) is 1.73. The minimum Gasteiger partial charge on any atom is -0.356 e. The molecule has 0 saturated heterocycles. The van der Waals surface area contributed by atoms with Crippen LogP contribution in [0.1, 0.15) is 12.0 Å². The summed E-state index contributed by atoms with van der Waals surface area (Å²) in [6, 6.07) is 6.81. The first-order valence-electron chi connectivity index (χ1n) is 6.15. The Morgan fingerprint density at radius 1 is 1.14 bits per heavy atom. The Hall–Kier alpha value is -1.76. The van der Waals surface area contributed by atoms with Crippen LogP contribution in [0.25, 0.3) is 0 Å². The Morgan fingerprint density at radius 2 is 1.81 bits per heavy atom. The number of halogens is 4. The highest BCUT2D eigenvalue weighted by atomic mass is 35.5. The lowest BCUT2D eigenvalue weighted by atomic mass is 10.1. The fraction of sp³-hybridized carbons (Fsp3) is 0.385. The highest BCUT2D eigenvalue weighted by molar-refractivity contribution is 6.30. The zero-order valence-electron chi connectivity index (χ0n) is 11.0. The standard InChI is InChI=1S/C13H14ClF3N2O2/c14-10-4-1-3-9(7-10)8-11(20)18-5-2-6-19-12(21)13(15,16)17/h1,3-4,7H,2,5-6,8H2,(H,18,20)(H,19,21). The third-order valence-corrected chi connectivity index (χ3v) is 2.71. The van der Waals surface area contributed by atoms with Gasteiger partial charge in [-0.2, -0.15) is 13.2 Å². The molecule has 0 atom stereocenters. The summed E-state index contributed by atoms with van der Waals surface area (Å²) >= 11 is 5.78. The van der Waals surface area contributed by atoms with E-state index in [9.17, 15) is 22.8 Å². The van der Waals surface area contributed by atoms with Crippen molar-refractivity contribution in [1.82, 2.24) is 10.6 Å². The number of nitrogens with one attached hydrogen (secondary N) is 2. The van der Waals surface area contributed by atoms with Crippen LogP contribution in [-0.2, 0) is 16.0 Å². The highest BCUT2D eigenvalue weighted by Gasteiger charge is 2.38. The predicted molar refractivity (Wildman–Crippen MR) is 71.8 cm³/mol. The van der Waals surface area contributed by atoms with Crippen molar-refractivity contribution < 1.29 is 22.8 Å². The average Bonchev–Trinajstić information content (AvgIpc) is 2.36. The van der Waals surface area contributed by atoms with Crippen LogP contribution in [0.4, 0.5) is 13.2 Å². The molecular weight excluding hydrogens is 309 g/mol. The van der Waals surface area contributed by atoms with Crippen LogP contribution in [-0.4, -0.2) is 31.1 Å². The SMILES string of the molecule is O=C(Cc1cccc(Cl)c1)NCCCNC(=O)C(F)(F)F. The summed E-state index contributed by atoms with van der Waals surface area (Å²) in [6.07, 6.45) is -4.53. The van der Waals surface area contributed by atoms with Gasteiger partial charge in [-0.3, -0.25) is 9.59 Å². The number of benzene rings is 1. The summed E-state index contributed by atoms with van der Waals surface area (Å²) < 4.78 is 35.6. The van der Waals surface area contributed by atoms with Crippen molar-refractivity contribution in [2.75, 3.05) is 13.1 Å². The molecule has 116 valence electrons. The Kier molecular flexibility index (Phi) is 6.48. The average molecular weight is 323 g/mol. The van der Waals surface area contributed by atoms with Crippen LogP contribution >= 0.6 is 11.6 Å². The molecule has 0 aliphatic rings. The molecule has 1 aromatic rings. The number of hydrogen-bond acceptors (Lipinski definition) is 2. The summed E-state index contributed by atoms with van der Waals surface area (Å²) in [4.78, 5) is 22.1. The molecule has 0 fully saturated rings. The minimum absolute atomic E-state index is 0.134. The molecule has 0 saturated carbocycles. The maximum absolute atomic E-state index is 11.9. The second kappa shape index (κ2) is 7.87. The minimum atomic E-state index is -4.88. The highest BCUT2D eigenvalue weighted by Crippen LogP contribution is 2.13. The molecule has 0 unspecified atom stereocenters. The molecule has 2 amide bonds. The Balaban J connectivity index is 2.18. The van der Waals surface area contributed by atoms with Gasteiger partial charge in [-0.25, -0.2) is 0 Å². The molecule has 0 radical (unpaired) electrons. The molecule has 0 aliphatic heterocycles. The van der Waals surface area contributed by atoms with Crippen LogP contribution in [0.5, 0.6) is 0 Å².